The summed E-state index contributed by atoms with van der Waals surface area (Å²) in [6.07, 6.45) is -0.0440. The van der Waals surface area contributed by atoms with E-state index in [0.29, 0.717) is 0 Å². The lowest BCUT2D eigenvalue weighted by Gasteiger charge is -2.35. The average molecular weight is 160 g/mol. The number of hydrazine groups is 2. The van der Waals surface area contributed by atoms with Gasteiger partial charge in [-0.25, -0.2) is 10.9 Å². The zero-order chi connectivity index (χ0) is 9.07. The van der Waals surface area contributed by atoms with Crippen molar-refractivity contribution in [3.05, 3.63) is 0 Å². The van der Waals surface area contributed by atoms with Crippen molar-refractivity contribution in [3.8, 4) is 0 Å². The van der Waals surface area contributed by atoms with Gasteiger partial charge in [0.15, 0.2) is 0 Å². The van der Waals surface area contributed by atoms with Crippen molar-refractivity contribution in [1.82, 2.24) is 16.0 Å². The minimum atomic E-state index is -0.0440. The van der Waals surface area contributed by atoms with Gasteiger partial charge in [-0.15, -0.1) is 0 Å². The molecule has 0 saturated carbocycles. The Bertz CT molecular complexity index is 103. The predicted molar refractivity (Wildman–Crippen MR) is 47.4 cm³/mol. The monoisotopic (exact) mass is 160 g/mol. The second-order valence-electron chi connectivity index (χ2n) is 3.63. The fourth-order valence-corrected chi connectivity index (χ4v) is 0.777. The second kappa shape index (κ2) is 4.01. The molecule has 0 aliphatic carbocycles. The molecule has 0 bridgehead atoms. The molecule has 4 heteroatoms. The van der Waals surface area contributed by atoms with Crippen LogP contribution in [0.5, 0.6) is 0 Å². The van der Waals surface area contributed by atoms with Crippen molar-refractivity contribution in [2.24, 2.45) is 11.1 Å². The van der Waals surface area contributed by atoms with Gasteiger partial charge in [0.1, 0.15) is 0 Å². The van der Waals surface area contributed by atoms with Gasteiger partial charge in [0.05, 0.1) is 6.17 Å². The molecule has 11 heavy (non-hydrogen) atoms. The van der Waals surface area contributed by atoms with Crippen LogP contribution in [0.1, 0.15) is 20.8 Å². The highest BCUT2D eigenvalue weighted by Crippen LogP contribution is 2.17. The topological polar surface area (TPSA) is 53.3 Å². The van der Waals surface area contributed by atoms with E-state index in [0.717, 1.165) is 0 Å². The quantitative estimate of drug-likeness (QED) is 0.398. The minimum absolute atomic E-state index is 0.0440. The van der Waals surface area contributed by atoms with Crippen LogP contribution in [0.25, 0.3) is 0 Å². The summed E-state index contributed by atoms with van der Waals surface area (Å²) in [6.45, 7) is 6.29. The van der Waals surface area contributed by atoms with Gasteiger partial charge in [-0.05, 0) is 5.41 Å². The normalized spacial score (nSPS) is 15.5. The molecule has 0 spiro atoms. The predicted octanol–water partition coefficient (Wildman–Crippen LogP) is -0.112. The number of hydrogen-bond donors (Lipinski definition) is 3. The van der Waals surface area contributed by atoms with Gasteiger partial charge >= 0.3 is 0 Å². The first-order chi connectivity index (χ1) is 4.93. The Hall–Kier alpha value is -0.160. The number of nitrogens with one attached hydrogen (secondary N) is 2. The molecule has 0 fully saturated rings. The molecule has 68 valence electrons. The van der Waals surface area contributed by atoms with Crippen LogP contribution in [0.4, 0.5) is 0 Å². The van der Waals surface area contributed by atoms with E-state index in [1.807, 2.05) is 14.1 Å². The molecule has 4 nitrogen and oxygen atoms in total. The van der Waals surface area contributed by atoms with E-state index in [9.17, 15) is 0 Å². The van der Waals surface area contributed by atoms with Crippen molar-refractivity contribution < 1.29 is 0 Å². The lowest BCUT2D eigenvalue weighted by molar-refractivity contribution is 0.0223. The highest BCUT2D eigenvalue weighted by atomic mass is 15.7. The maximum atomic E-state index is 5.92. The van der Waals surface area contributed by atoms with Gasteiger partial charge in [0, 0.05) is 14.1 Å². The Kier molecular flexibility index (Phi) is 3.96. The Balaban J connectivity index is 4.09. The van der Waals surface area contributed by atoms with Crippen molar-refractivity contribution in [3.63, 3.8) is 0 Å². The van der Waals surface area contributed by atoms with E-state index >= 15 is 0 Å². The lowest BCUT2D eigenvalue weighted by Crippen LogP contribution is -2.60. The summed E-state index contributed by atoms with van der Waals surface area (Å²) in [4.78, 5) is 0. The first-order valence-corrected chi connectivity index (χ1v) is 3.83. The smallest absolute Gasteiger partial charge is 0.0914 e. The molecule has 0 amide bonds. The first-order valence-electron chi connectivity index (χ1n) is 3.83. The molecule has 1 atom stereocenters. The zero-order valence-corrected chi connectivity index (χ0v) is 8.10. The van der Waals surface area contributed by atoms with E-state index in [4.69, 9.17) is 5.73 Å². The third kappa shape index (κ3) is 3.16. The molecule has 0 aromatic carbocycles. The lowest BCUT2D eigenvalue weighted by atomic mass is 9.93. The highest BCUT2D eigenvalue weighted by Gasteiger charge is 2.25. The molecule has 0 aromatic rings. The largest absolute Gasteiger partial charge is 0.313 e. The number of nitrogens with two attached hydrogens (primary N) is 1. The summed E-state index contributed by atoms with van der Waals surface area (Å²) >= 11 is 0. The van der Waals surface area contributed by atoms with Crippen LogP contribution in [0.3, 0.4) is 0 Å². The van der Waals surface area contributed by atoms with Crippen LogP contribution < -0.4 is 16.6 Å². The standard InChI is InChI=1S/C7H20N4/c1-7(2,3)6(8)11(9-4)10-5/h6,9-10H,8H2,1-5H3. The third-order valence-electron chi connectivity index (χ3n) is 1.65. The van der Waals surface area contributed by atoms with Crippen LogP contribution in [-0.4, -0.2) is 25.4 Å². The van der Waals surface area contributed by atoms with Gasteiger partial charge in [-0.3, -0.25) is 0 Å². The fraction of sp³-hybridized carbons (Fsp3) is 1.00. The summed E-state index contributed by atoms with van der Waals surface area (Å²) in [7, 11) is 3.67. The second-order valence-corrected chi connectivity index (χ2v) is 3.63. The molecule has 0 radical (unpaired) electrons. The molecular weight excluding hydrogens is 140 g/mol. The van der Waals surface area contributed by atoms with Crippen LogP contribution in [-0.2, 0) is 0 Å². The van der Waals surface area contributed by atoms with Crippen molar-refractivity contribution >= 4 is 0 Å². The Labute approximate surface area is 69.1 Å². The summed E-state index contributed by atoms with van der Waals surface area (Å²) in [5.41, 5.74) is 11.9. The molecule has 0 rings (SSSR count). The summed E-state index contributed by atoms with van der Waals surface area (Å²) in [6, 6.07) is 0. The summed E-state index contributed by atoms with van der Waals surface area (Å²) < 4.78 is 0. The Morgan fingerprint density at radius 3 is 1.64 bits per heavy atom. The number of nitrogens with zero attached hydrogens (tertiary/aromatic N) is 1. The van der Waals surface area contributed by atoms with Crippen molar-refractivity contribution in [1.29, 1.82) is 0 Å². The highest BCUT2D eigenvalue weighted by molar-refractivity contribution is 4.73. The summed E-state index contributed by atoms with van der Waals surface area (Å²) in [5, 5.41) is 1.78. The van der Waals surface area contributed by atoms with Gasteiger partial charge in [0.25, 0.3) is 0 Å². The average Bonchev–Trinajstić information content (AvgIpc) is 1.88. The SMILES string of the molecule is CNN(NC)C(N)C(C)(C)C. The summed E-state index contributed by atoms with van der Waals surface area (Å²) in [5.74, 6) is 0. The first kappa shape index (κ1) is 10.8. The van der Waals surface area contributed by atoms with E-state index in [2.05, 4.69) is 31.6 Å². The zero-order valence-electron chi connectivity index (χ0n) is 8.10. The number of hydrogen-bond acceptors (Lipinski definition) is 4. The van der Waals surface area contributed by atoms with E-state index in [1.165, 1.54) is 0 Å². The molecule has 0 heterocycles. The molecule has 0 aromatic heterocycles. The van der Waals surface area contributed by atoms with Gasteiger partial charge in [0.2, 0.25) is 0 Å². The minimum Gasteiger partial charge on any atom is -0.313 e. The molecule has 0 aliphatic rings. The van der Waals surface area contributed by atoms with Crippen molar-refractivity contribution in [2.75, 3.05) is 14.1 Å². The van der Waals surface area contributed by atoms with Crippen molar-refractivity contribution in [2.45, 2.75) is 26.9 Å². The van der Waals surface area contributed by atoms with Crippen LogP contribution in [0.2, 0.25) is 0 Å². The van der Waals surface area contributed by atoms with E-state index < -0.39 is 0 Å². The van der Waals surface area contributed by atoms with Crippen LogP contribution in [0.15, 0.2) is 0 Å². The number of rotatable bonds is 3. The van der Waals surface area contributed by atoms with Crippen LogP contribution >= 0.6 is 0 Å². The molecule has 0 saturated heterocycles. The third-order valence-corrected chi connectivity index (χ3v) is 1.65. The maximum absolute atomic E-state index is 5.92. The van der Waals surface area contributed by atoms with Gasteiger partial charge in [-0.2, -0.15) is 5.12 Å². The van der Waals surface area contributed by atoms with E-state index in [-0.39, 0.29) is 11.6 Å². The molecule has 1 unspecified atom stereocenters. The van der Waals surface area contributed by atoms with Gasteiger partial charge < -0.3 is 5.73 Å². The Morgan fingerprint density at radius 2 is 1.55 bits per heavy atom. The Morgan fingerprint density at radius 1 is 1.18 bits per heavy atom. The van der Waals surface area contributed by atoms with E-state index in [1.54, 1.807) is 5.12 Å². The van der Waals surface area contributed by atoms with Gasteiger partial charge in [-0.1, -0.05) is 20.8 Å². The molecule has 0 aliphatic heterocycles. The maximum Gasteiger partial charge on any atom is 0.0914 e. The fourth-order valence-electron chi connectivity index (χ4n) is 0.777. The molecular formula is C7H20N4. The molecule has 4 N–H and O–H groups in total. The van der Waals surface area contributed by atoms with Crippen LogP contribution in [0, 0.1) is 5.41 Å².